The lowest BCUT2D eigenvalue weighted by Gasteiger charge is -2.32. The van der Waals surface area contributed by atoms with E-state index in [2.05, 4.69) is 47.5 Å². The van der Waals surface area contributed by atoms with Crippen LogP contribution in [0.3, 0.4) is 0 Å². The quantitative estimate of drug-likeness (QED) is 0.182. The van der Waals surface area contributed by atoms with Crippen LogP contribution in [0.15, 0.2) is 78.1 Å². The van der Waals surface area contributed by atoms with Crippen molar-refractivity contribution in [3.63, 3.8) is 0 Å². The van der Waals surface area contributed by atoms with Crippen molar-refractivity contribution in [2.75, 3.05) is 42.9 Å². The van der Waals surface area contributed by atoms with E-state index >= 15 is 0 Å². The van der Waals surface area contributed by atoms with Gasteiger partial charge in [0.25, 0.3) is 0 Å². The van der Waals surface area contributed by atoms with Crippen molar-refractivity contribution < 1.29 is 31.5 Å². The van der Waals surface area contributed by atoms with Gasteiger partial charge in [0.2, 0.25) is 21.9 Å². The maximum Gasteiger partial charge on any atom is 0.387 e. The number of carbonyl (C=O) groups is 2. The predicted octanol–water partition coefficient (Wildman–Crippen LogP) is 5.12. The van der Waals surface area contributed by atoms with Crippen molar-refractivity contribution in [2.45, 2.75) is 62.1 Å². The number of amides is 3. The number of nitrogens with zero attached hydrogens (tertiary/aromatic N) is 8. The number of carbonyl (C=O) groups excluding carboxylic acids is 2. The van der Waals surface area contributed by atoms with Gasteiger partial charge in [0.05, 0.1) is 28.5 Å². The van der Waals surface area contributed by atoms with Crippen molar-refractivity contribution in [3.05, 3.63) is 84.3 Å². The number of benzene rings is 2. The largest absolute Gasteiger partial charge is 0.432 e. The number of rotatable bonds is 11. The second-order valence-electron chi connectivity index (χ2n) is 14.6. The van der Waals surface area contributed by atoms with Crippen LogP contribution in [0.4, 0.5) is 25.3 Å². The number of pyridine rings is 1. The molecule has 0 saturated carbocycles. The standard InChI is InChI=1S/C39H42F2N10O5S/c1-48-34-20-27(6-7-32(34)36(47-48)51-18-13-35(52)46-39(51)53)26-9-14-49(15-10-26)24-25-5-8-33(42-21-25)28-3-2-4-31(19-28)57(54,55)50-16-11-29(12-17-50)45-38-43-22-30(23-44-38)56-37(40)41/h2-8,19-23,26,29,37H,9-18,24H2,1H3,(H,43,44,45)(H,46,52,53). The molecule has 0 aliphatic carbocycles. The molecule has 18 heteroatoms. The molecule has 3 aromatic heterocycles. The first-order valence-corrected chi connectivity index (χ1v) is 20.3. The third kappa shape index (κ3) is 8.43. The third-order valence-corrected chi connectivity index (χ3v) is 12.8. The van der Waals surface area contributed by atoms with Crippen LogP contribution < -0.4 is 20.3 Å². The minimum atomic E-state index is -3.76. The molecule has 15 nitrogen and oxygen atoms in total. The van der Waals surface area contributed by atoms with Crippen molar-refractivity contribution in [3.8, 4) is 17.0 Å². The highest BCUT2D eigenvalue weighted by Gasteiger charge is 2.31. The molecule has 0 unspecified atom stereocenters. The number of halogens is 2. The number of anilines is 2. The van der Waals surface area contributed by atoms with Crippen molar-refractivity contribution >= 4 is 44.6 Å². The molecule has 5 aromatic rings. The van der Waals surface area contributed by atoms with E-state index in [1.165, 1.54) is 14.8 Å². The average Bonchev–Trinajstić information content (AvgIpc) is 3.54. The van der Waals surface area contributed by atoms with E-state index in [0.717, 1.165) is 61.3 Å². The maximum absolute atomic E-state index is 13.7. The van der Waals surface area contributed by atoms with Gasteiger partial charge in [-0.25, -0.2) is 23.2 Å². The number of fused-ring (bicyclic) bond motifs is 1. The molecule has 3 aliphatic rings. The van der Waals surface area contributed by atoms with Crippen LogP contribution in [0.1, 0.15) is 49.1 Å². The summed E-state index contributed by atoms with van der Waals surface area (Å²) >= 11 is 0. The summed E-state index contributed by atoms with van der Waals surface area (Å²) in [5, 5.41) is 11.0. The summed E-state index contributed by atoms with van der Waals surface area (Å²) in [6, 6.07) is 16.6. The lowest BCUT2D eigenvalue weighted by atomic mass is 9.89. The fraction of sp³-hybridized carbons (Fsp3) is 0.385. The second kappa shape index (κ2) is 16.1. The van der Waals surface area contributed by atoms with Crippen molar-refractivity contribution in [1.82, 2.24) is 39.3 Å². The molecule has 6 heterocycles. The van der Waals surface area contributed by atoms with Gasteiger partial charge in [-0.3, -0.25) is 29.6 Å². The normalized spacial score (nSPS) is 18.0. The Morgan fingerprint density at radius 2 is 1.68 bits per heavy atom. The lowest BCUT2D eigenvalue weighted by Crippen LogP contribution is -2.49. The van der Waals surface area contributed by atoms with Gasteiger partial charge in [-0.15, -0.1) is 0 Å². The molecule has 57 heavy (non-hydrogen) atoms. The number of likely N-dealkylation sites (tertiary alicyclic amines) is 1. The summed E-state index contributed by atoms with van der Waals surface area (Å²) in [5.41, 5.74) is 4.66. The van der Waals surface area contributed by atoms with Crippen LogP contribution in [0.2, 0.25) is 0 Å². The van der Waals surface area contributed by atoms with Gasteiger partial charge >= 0.3 is 12.6 Å². The molecular formula is C39H42F2N10O5S. The SMILES string of the molecule is Cn1nc(N2CCC(=O)NC2=O)c2ccc(C3CCN(Cc4ccc(-c5cccc(S(=O)(=O)N6CCC(Nc7ncc(OC(F)F)cn7)CC6)c5)nc4)CC3)cc21. The predicted molar refractivity (Wildman–Crippen MR) is 207 cm³/mol. The fourth-order valence-corrected chi connectivity index (χ4v) is 9.30. The maximum atomic E-state index is 13.7. The zero-order valence-corrected chi connectivity index (χ0v) is 32.0. The minimum absolute atomic E-state index is 0.0802. The molecule has 0 radical (unpaired) electrons. The molecule has 3 amide bonds. The van der Waals surface area contributed by atoms with Crippen LogP contribution >= 0.6 is 0 Å². The summed E-state index contributed by atoms with van der Waals surface area (Å²) in [7, 11) is -1.89. The summed E-state index contributed by atoms with van der Waals surface area (Å²) in [6.07, 6.45) is 7.46. The Labute approximate surface area is 328 Å². The minimum Gasteiger partial charge on any atom is -0.432 e. The summed E-state index contributed by atoms with van der Waals surface area (Å²) < 4.78 is 59.7. The topological polar surface area (TPSA) is 168 Å². The number of nitrogens with one attached hydrogen (secondary N) is 2. The van der Waals surface area contributed by atoms with Gasteiger partial charge < -0.3 is 10.1 Å². The molecule has 8 rings (SSSR count). The zero-order chi connectivity index (χ0) is 39.7. The first-order valence-electron chi connectivity index (χ1n) is 18.9. The number of alkyl halides is 2. The number of aromatic nitrogens is 5. The molecule has 3 saturated heterocycles. The van der Waals surface area contributed by atoms with Crippen LogP contribution in [-0.4, -0.2) is 99.7 Å². The molecule has 3 fully saturated rings. The highest BCUT2D eigenvalue weighted by atomic mass is 32.2. The Bertz CT molecular complexity index is 2360. The summed E-state index contributed by atoms with van der Waals surface area (Å²) in [6.45, 7) is 0.550. The Hall–Kier alpha value is -5.59. The van der Waals surface area contributed by atoms with Crippen LogP contribution in [0.5, 0.6) is 5.75 Å². The number of piperidine rings is 2. The monoisotopic (exact) mass is 800 g/mol. The summed E-state index contributed by atoms with van der Waals surface area (Å²) in [5.74, 6) is 0.796. The molecule has 3 aliphatic heterocycles. The van der Waals surface area contributed by atoms with Crippen LogP contribution in [-0.2, 0) is 28.4 Å². The van der Waals surface area contributed by atoms with E-state index in [4.69, 9.17) is 4.98 Å². The molecule has 2 aromatic carbocycles. The second-order valence-corrected chi connectivity index (χ2v) is 16.5. The Kier molecular flexibility index (Phi) is 10.8. The summed E-state index contributed by atoms with van der Waals surface area (Å²) in [4.78, 5) is 41.0. The zero-order valence-electron chi connectivity index (χ0n) is 31.2. The fourth-order valence-electron chi connectivity index (χ4n) is 7.79. The van der Waals surface area contributed by atoms with Crippen molar-refractivity contribution in [1.29, 1.82) is 0 Å². The highest BCUT2D eigenvalue weighted by molar-refractivity contribution is 7.89. The number of hydrogen-bond donors (Lipinski definition) is 2. The van der Waals surface area contributed by atoms with E-state index < -0.39 is 22.7 Å². The number of imide groups is 1. The number of hydrogen-bond acceptors (Lipinski definition) is 11. The van der Waals surface area contributed by atoms with Gasteiger partial charge in [-0.05, 0) is 86.1 Å². The third-order valence-electron chi connectivity index (χ3n) is 10.9. The molecule has 0 atom stereocenters. The molecular weight excluding hydrogens is 759 g/mol. The molecule has 298 valence electrons. The Morgan fingerprint density at radius 1 is 0.912 bits per heavy atom. The Morgan fingerprint density at radius 3 is 2.39 bits per heavy atom. The van der Waals surface area contributed by atoms with Gasteiger partial charge in [0.15, 0.2) is 11.6 Å². The molecule has 2 N–H and O–H groups in total. The van der Waals surface area contributed by atoms with E-state index in [-0.39, 0.29) is 35.0 Å². The first-order chi connectivity index (χ1) is 27.5. The van der Waals surface area contributed by atoms with Gasteiger partial charge in [0.1, 0.15) is 0 Å². The van der Waals surface area contributed by atoms with Gasteiger partial charge in [-0.1, -0.05) is 24.3 Å². The van der Waals surface area contributed by atoms with Crippen LogP contribution in [0, 0.1) is 0 Å². The van der Waals surface area contributed by atoms with E-state index in [0.29, 0.717) is 55.5 Å². The Balaban J connectivity index is 0.839. The first kappa shape index (κ1) is 38.3. The number of urea groups is 1. The van der Waals surface area contributed by atoms with Gasteiger partial charge in [-0.2, -0.15) is 18.2 Å². The average molecular weight is 801 g/mol. The van der Waals surface area contributed by atoms with E-state index in [1.54, 1.807) is 22.9 Å². The smallest absolute Gasteiger partial charge is 0.387 e. The number of aryl methyl sites for hydroxylation is 1. The number of sulfonamides is 1. The molecule has 0 bridgehead atoms. The molecule has 0 spiro atoms. The van der Waals surface area contributed by atoms with E-state index in [1.807, 2.05) is 37.5 Å². The van der Waals surface area contributed by atoms with E-state index in [9.17, 15) is 26.8 Å². The van der Waals surface area contributed by atoms with Crippen LogP contribution in [0.25, 0.3) is 22.2 Å². The van der Waals surface area contributed by atoms with Crippen molar-refractivity contribution in [2.24, 2.45) is 7.05 Å². The van der Waals surface area contributed by atoms with Gasteiger partial charge in [0, 0.05) is 62.8 Å². The lowest BCUT2D eigenvalue weighted by molar-refractivity contribution is -0.120. The highest BCUT2D eigenvalue weighted by Crippen LogP contribution is 2.34. The number of ether oxygens (including phenoxy) is 1.